The zero-order chi connectivity index (χ0) is 17.9. The third kappa shape index (κ3) is 3.95. The first-order chi connectivity index (χ1) is 11.2. The lowest BCUT2D eigenvalue weighted by atomic mass is 10.1. The lowest BCUT2D eigenvalue weighted by molar-refractivity contribution is 0.0939. The minimum atomic E-state index is -4.26. The number of carbonyl (C=O) groups is 1. The molecule has 0 unspecified atom stereocenters. The zero-order valence-electron chi connectivity index (χ0n) is 12.7. The topological polar surface area (TPSA) is 113 Å². The molecule has 2 rings (SSSR count). The second-order valence-corrected chi connectivity index (χ2v) is 6.65. The van der Waals surface area contributed by atoms with Gasteiger partial charge in [-0.3, -0.25) is 4.79 Å². The number of nitrogens with one attached hydrogen (secondary N) is 1. The Bertz CT molecular complexity index is 919. The first-order valence-electron chi connectivity index (χ1n) is 6.85. The Morgan fingerprint density at radius 3 is 2.42 bits per heavy atom. The fourth-order valence-electron chi connectivity index (χ4n) is 2.07. The molecule has 2 aromatic rings. The van der Waals surface area contributed by atoms with Gasteiger partial charge < -0.3 is 5.32 Å². The predicted octanol–water partition coefficient (Wildman–Crippen LogP) is 1.84. The van der Waals surface area contributed by atoms with Gasteiger partial charge in [0.25, 0.3) is 5.91 Å². The zero-order valence-corrected chi connectivity index (χ0v) is 13.5. The van der Waals surface area contributed by atoms with E-state index in [0.29, 0.717) is 5.56 Å². The molecule has 0 bridgehead atoms. The van der Waals surface area contributed by atoms with E-state index in [0.717, 1.165) is 17.7 Å². The van der Waals surface area contributed by atoms with E-state index >= 15 is 0 Å². The minimum Gasteiger partial charge on any atom is -0.346 e. The summed E-state index contributed by atoms with van der Waals surface area (Å²) in [5, 5.41) is 16.4. The molecule has 0 saturated heterocycles. The third-order valence-corrected chi connectivity index (χ3v) is 4.31. The van der Waals surface area contributed by atoms with E-state index in [1.54, 1.807) is 31.2 Å². The van der Waals surface area contributed by atoms with Crippen molar-refractivity contribution in [1.29, 1.82) is 5.26 Å². The van der Waals surface area contributed by atoms with Gasteiger partial charge in [0.1, 0.15) is 10.7 Å². The maximum absolute atomic E-state index is 13.5. The summed E-state index contributed by atoms with van der Waals surface area (Å²) in [6, 6.07) is 11.2. The summed E-state index contributed by atoms with van der Waals surface area (Å²) < 4.78 is 36.1. The van der Waals surface area contributed by atoms with Crippen molar-refractivity contribution in [3.05, 3.63) is 65.0 Å². The molecule has 2 aromatic carbocycles. The monoisotopic (exact) mass is 347 g/mol. The van der Waals surface area contributed by atoms with E-state index in [1.807, 2.05) is 6.07 Å². The van der Waals surface area contributed by atoms with E-state index in [4.69, 9.17) is 10.4 Å². The van der Waals surface area contributed by atoms with Crippen LogP contribution in [0.2, 0.25) is 0 Å². The Labute approximate surface area is 138 Å². The Morgan fingerprint density at radius 1 is 1.25 bits per heavy atom. The number of halogens is 1. The fourth-order valence-corrected chi connectivity index (χ4v) is 2.70. The second-order valence-electron chi connectivity index (χ2n) is 5.12. The number of nitrogens with two attached hydrogens (primary N) is 1. The van der Waals surface area contributed by atoms with Crippen LogP contribution in [0.3, 0.4) is 0 Å². The van der Waals surface area contributed by atoms with Gasteiger partial charge in [-0.2, -0.15) is 5.26 Å². The van der Waals surface area contributed by atoms with Crippen molar-refractivity contribution in [1.82, 2.24) is 5.32 Å². The van der Waals surface area contributed by atoms with Crippen molar-refractivity contribution >= 4 is 15.9 Å². The minimum absolute atomic E-state index is 0.0269. The van der Waals surface area contributed by atoms with Crippen molar-refractivity contribution in [3.8, 4) is 6.07 Å². The number of hydrogen-bond donors (Lipinski definition) is 2. The van der Waals surface area contributed by atoms with Crippen molar-refractivity contribution < 1.29 is 17.6 Å². The molecule has 0 spiro atoms. The fraction of sp³-hybridized carbons (Fsp3) is 0.125. The van der Waals surface area contributed by atoms with Crippen LogP contribution in [0.4, 0.5) is 4.39 Å². The summed E-state index contributed by atoms with van der Waals surface area (Å²) in [7, 11) is -4.26. The van der Waals surface area contributed by atoms with Gasteiger partial charge in [0.15, 0.2) is 0 Å². The molecule has 24 heavy (non-hydrogen) atoms. The van der Waals surface area contributed by atoms with E-state index in [2.05, 4.69) is 5.32 Å². The Kier molecular flexibility index (Phi) is 4.97. The molecule has 0 aliphatic carbocycles. The molecule has 1 amide bonds. The smallest absolute Gasteiger partial charge is 0.251 e. The first-order valence-corrected chi connectivity index (χ1v) is 8.40. The van der Waals surface area contributed by atoms with Gasteiger partial charge in [-0.25, -0.2) is 17.9 Å². The average molecular weight is 347 g/mol. The highest BCUT2D eigenvalue weighted by Gasteiger charge is 2.18. The number of primary sulfonamides is 1. The van der Waals surface area contributed by atoms with E-state index in [9.17, 15) is 17.6 Å². The summed E-state index contributed by atoms with van der Waals surface area (Å²) in [5.74, 6) is -1.59. The summed E-state index contributed by atoms with van der Waals surface area (Å²) >= 11 is 0. The Balaban J connectivity index is 2.21. The van der Waals surface area contributed by atoms with Gasteiger partial charge >= 0.3 is 0 Å². The lowest BCUT2D eigenvalue weighted by Crippen LogP contribution is -2.27. The Morgan fingerprint density at radius 2 is 1.88 bits per heavy atom. The highest BCUT2D eigenvalue weighted by molar-refractivity contribution is 7.89. The molecule has 0 radical (unpaired) electrons. The molecule has 6 nitrogen and oxygen atoms in total. The molecule has 0 heterocycles. The molecule has 0 aliphatic heterocycles. The van der Waals surface area contributed by atoms with Gasteiger partial charge in [-0.05, 0) is 42.8 Å². The van der Waals surface area contributed by atoms with Crippen LogP contribution in [0, 0.1) is 17.1 Å². The number of sulfonamides is 1. The summed E-state index contributed by atoms with van der Waals surface area (Å²) in [4.78, 5) is 11.5. The van der Waals surface area contributed by atoms with Gasteiger partial charge in [0.2, 0.25) is 10.0 Å². The number of nitriles is 1. The van der Waals surface area contributed by atoms with Crippen molar-refractivity contribution in [2.45, 2.75) is 17.9 Å². The molecule has 0 fully saturated rings. The highest BCUT2D eigenvalue weighted by atomic mass is 32.2. The van der Waals surface area contributed by atoms with Crippen LogP contribution < -0.4 is 10.5 Å². The quantitative estimate of drug-likeness (QED) is 0.878. The first kappa shape index (κ1) is 17.6. The van der Waals surface area contributed by atoms with Crippen LogP contribution in [-0.4, -0.2) is 14.3 Å². The molecule has 0 aromatic heterocycles. The Hall–Kier alpha value is -2.76. The average Bonchev–Trinajstić information content (AvgIpc) is 2.54. The number of carbonyl (C=O) groups excluding carboxylic acids is 1. The second kappa shape index (κ2) is 6.78. The van der Waals surface area contributed by atoms with E-state index in [1.165, 1.54) is 6.07 Å². The van der Waals surface area contributed by atoms with Gasteiger partial charge in [-0.1, -0.05) is 12.1 Å². The number of hydrogen-bond acceptors (Lipinski definition) is 4. The van der Waals surface area contributed by atoms with Crippen molar-refractivity contribution in [2.75, 3.05) is 0 Å². The molecule has 0 aliphatic rings. The molecule has 124 valence electrons. The molecule has 3 N–H and O–H groups in total. The maximum Gasteiger partial charge on any atom is 0.251 e. The van der Waals surface area contributed by atoms with Gasteiger partial charge in [0.05, 0.1) is 17.7 Å². The molecule has 1 atom stereocenters. The molecular weight excluding hydrogens is 333 g/mol. The number of benzene rings is 2. The van der Waals surface area contributed by atoms with Gasteiger partial charge in [-0.15, -0.1) is 0 Å². The largest absolute Gasteiger partial charge is 0.346 e. The molecule has 0 saturated carbocycles. The number of rotatable bonds is 4. The lowest BCUT2D eigenvalue weighted by Gasteiger charge is -2.15. The van der Waals surface area contributed by atoms with Gasteiger partial charge in [0, 0.05) is 5.56 Å². The predicted molar refractivity (Wildman–Crippen MR) is 84.8 cm³/mol. The maximum atomic E-state index is 13.5. The van der Waals surface area contributed by atoms with E-state index in [-0.39, 0.29) is 5.56 Å². The van der Waals surface area contributed by atoms with Crippen molar-refractivity contribution in [3.63, 3.8) is 0 Å². The summed E-state index contributed by atoms with van der Waals surface area (Å²) in [5.41, 5.74) is 1.23. The standard InChI is InChI=1S/C16H14FN3O3S/c1-10(12-4-2-11(9-18)3-5-12)20-16(21)13-6-7-14(17)15(8-13)24(19,22)23/h2-8,10H,1H3,(H,20,21)(H2,19,22,23)/t10-/m1/s1. The normalized spacial score (nSPS) is 12.2. The van der Waals surface area contributed by atoms with Crippen LogP contribution in [0.1, 0.15) is 34.5 Å². The van der Waals surface area contributed by atoms with Crippen molar-refractivity contribution in [2.24, 2.45) is 5.14 Å². The van der Waals surface area contributed by atoms with E-state index < -0.39 is 32.7 Å². The third-order valence-electron chi connectivity index (χ3n) is 3.39. The molecule has 8 heteroatoms. The summed E-state index contributed by atoms with van der Waals surface area (Å²) in [6.07, 6.45) is 0. The van der Waals surface area contributed by atoms with Crippen LogP contribution in [0.25, 0.3) is 0 Å². The van der Waals surface area contributed by atoms with Crippen LogP contribution in [0.15, 0.2) is 47.4 Å². The number of nitrogens with zero attached hydrogens (tertiary/aromatic N) is 1. The highest BCUT2D eigenvalue weighted by Crippen LogP contribution is 2.17. The van der Waals surface area contributed by atoms with Crippen LogP contribution in [0.5, 0.6) is 0 Å². The number of amides is 1. The summed E-state index contributed by atoms with van der Waals surface area (Å²) in [6.45, 7) is 1.73. The SMILES string of the molecule is C[C@@H](NC(=O)c1ccc(F)c(S(N)(=O)=O)c1)c1ccc(C#N)cc1. The van der Waals surface area contributed by atoms with Crippen LogP contribution >= 0.6 is 0 Å². The van der Waals surface area contributed by atoms with Crippen LogP contribution in [-0.2, 0) is 10.0 Å². The molecular formula is C16H14FN3O3S.